The van der Waals surface area contributed by atoms with E-state index in [4.69, 9.17) is 18.6 Å². The van der Waals surface area contributed by atoms with Crippen LogP contribution in [-0.4, -0.2) is 43.1 Å². The van der Waals surface area contributed by atoms with E-state index in [0.717, 1.165) is 21.0 Å². The molecular weight excluding hydrogens is 474 g/mol. The average Bonchev–Trinajstić information content (AvgIpc) is 3.52. The maximum absolute atomic E-state index is 13.1. The number of nitrogens with zero attached hydrogens (tertiary/aromatic N) is 1. The number of rotatable bonds is 5. The van der Waals surface area contributed by atoms with E-state index < -0.39 is 12.1 Å². The molecule has 0 saturated heterocycles. The summed E-state index contributed by atoms with van der Waals surface area (Å²) in [7, 11) is 1.47. The number of ether oxygens (including phenoxy) is 3. The Morgan fingerprint density at radius 1 is 1.23 bits per heavy atom. The molecule has 2 aliphatic rings. The van der Waals surface area contributed by atoms with E-state index in [9.17, 15) is 14.4 Å². The molecule has 0 fully saturated rings. The van der Waals surface area contributed by atoms with Gasteiger partial charge in [0.2, 0.25) is 5.76 Å². The van der Waals surface area contributed by atoms with Crippen LogP contribution in [0.4, 0.5) is 9.80 Å². The fourth-order valence-electron chi connectivity index (χ4n) is 4.15. The molecule has 10 nitrogen and oxygen atoms in total. The van der Waals surface area contributed by atoms with Crippen LogP contribution in [0.25, 0.3) is 0 Å². The number of esters is 1. The van der Waals surface area contributed by atoms with Crippen LogP contribution in [0.5, 0.6) is 11.5 Å². The smallest absolute Gasteiger partial charge is 0.410 e. The molecule has 35 heavy (non-hydrogen) atoms. The molecule has 4 heterocycles. The molecule has 0 spiro atoms. The van der Waals surface area contributed by atoms with Gasteiger partial charge in [-0.25, -0.2) is 9.59 Å². The summed E-state index contributed by atoms with van der Waals surface area (Å²) in [6.45, 7) is 3.01. The zero-order valence-corrected chi connectivity index (χ0v) is 19.9. The van der Waals surface area contributed by atoms with E-state index >= 15 is 0 Å². The van der Waals surface area contributed by atoms with Crippen molar-refractivity contribution in [3.63, 3.8) is 0 Å². The molecule has 2 N–H and O–H groups in total. The third kappa shape index (κ3) is 4.30. The predicted molar refractivity (Wildman–Crippen MR) is 126 cm³/mol. The average molecular weight is 498 g/mol. The van der Waals surface area contributed by atoms with Gasteiger partial charge in [-0.15, -0.1) is 11.3 Å². The second-order valence-electron chi connectivity index (χ2n) is 7.91. The lowest BCUT2D eigenvalue weighted by Crippen LogP contribution is -2.39. The third-order valence-corrected chi connectivity index (χ3v) is 6.95. The second kappa shape index (κ2) is 9.34. The van der Waals surface area contributed by atoms with Gasteiger partial charge in [0.25, 0.3) is 5.91 Å². The number of nitrogens with one attached hydrogen (secondary N) is 2. The fourth-order valence-corrected chi connectivity index (χ4v) is 5.43. The SMILES string of the molecule is CCOC(=O)N1CCc2c(sc3c2C(=O)N[C@H](c2ccc(OC(=O)c4ccco4)c(OC)c2)N3)C1. The molecule has 0 saturated carbocycles. The molecule has 5 rings (SSSR count). The molecular formula is C24H23N3O7S. The molecule has 0 radical (unpaired) electrons. The van der Waals surface area contributed by atoms with Gasteiger partial charge in [-0.2, -0.15) is 0 Å². The van der Waals surface area contributed by atoms with Crippen molar-refractivity contribution in [2.45, 2.75) is 26.1 Å². The molecule has 2 aromatic heterocycles. The summed E-state index contributed by atoms with van der Waals surface area (Å²) in [5.41, 5.74) is 2.31. The van der Waals surface area contributed by atoms with Crippen LogP contribution in [0.15, 0.2) is 41.0 Å². The number of carbonyl (C=O) groups is 3. The largest absolute Gasteiger partial charge is 0.493 e. The van der Waals surface area contributed by atoms with Crippen LogP contribution in [0, 0.1) is 0 Å². The van der Waals surface area contributed by atoms with Gasteiger partial charge in [0.1, 0.15) is 11.2 Å². The highest BCUT2D eigenvalue weighted by Crippen LogP contribution is 2.41. The zero-order chi connectivity index (χ0) is 24.5. The highest BCUT2D eigenvalue weighted by Gasteiger charge is 2.34. The van der Waals surface area contributed by atoms with Crippen molar-refractivity contribution in [1.82, 2.24) is 10.2 Å². The Hall–Kier alpha value is -3.99. The fraction of sp³-hybridized carbons (Fsp3) is 0.292. The van der Waals surface area contributed by atoms with Gasteiger partial charge in [0, 0.05) is 11.4 Å². The Bertz CT molecular complexity index is 1280. The number of hydrogen-bond acceptors (Lipinski definition) is 9. The first kappa shape index (κ1) is 22.8. The Morgan fingerprint density at radius 3 is 2.83 bits per heavy atom. The lowest BCUT2D eigenvalue weighted by molar-refractivity contribution is 0.0696. The molecule has 1 aromatic carbocycles. The van der Waals surface area contributed by atoms with Crippen molar-refractivity contribution >= 4 is 34.3 Å². The number of amides is 2. The van der Waals surface area contributed by atoms with Crippen molar-refractivity contribution in [2.24, 2.45) is 0 Å². The highest BCUT2D eigenvalue weighted by atomic mass is 32.1. The van der Waals surface area contributed by atoms with E-state index in [-0.39, 0.29) is 23.5 Å². The van der Waals surface area contributed by atoms with Gasteiger partial charge < -0.3 is 34.2 Å². The zero-order valence-electron chi connectivity index (χ0n) is 19.1. The van der Waals surface area contributed by atoms with Crippen molar-refractivity contribution in [2.75, 3.05) is 25.6 Å². The predicted octanol–water partition coefficient (Wildman–Crippen LogP) is 3.94. The van der Waals surface area contributed by atoms with Crippen molar-refractivity contribution < 1.29 is 33.0 Å². The summed E-state index contributed by atoms with van der Waals surface area (Å²) in [6, 6.07) is 8.15. The molecule has 11 heteroatoms. The highest BCUT2D eigenvalue weighted by molar-refractivity contribution is 7.16. The van der Waals surface area contributed by atoms with Gasteiger partial charge in [-0.05, 0) is 48.7 Å². The molecule has 0 bridgehead atoms. The van der Waals surface area contributed by atoms with Gasteiger partial charge in [-0.1, -0.05) is 6.07 Å². The van der Waals surface area contributed by atoms with Crippen LogP contribution in [-0.2, 0) is 17.7 Å². The van der Waals surface area contributed by atoms with Crippen LogP contribution in [0.3, 0.4) is 0 Å². The van der Waals surface area contributed by atoms with E-state index in [1.165, 1.54) is 30.8 Å². The van der Waals surface area contributed by atoms with E-state index in [1.807, 2.05) is 0 Å². The number of benzene rings is 1. The molecule has 2 amide bonds. The van der Waals surface area contributed by atoms with Gasteiger partial charge >= 0.3 is 12.1 Å². The number of carbonyl (C=O) groups excluding carboxylic acids is 3. The van der Waals surface area contributed by atoms with Crippen molar-refractivity contribution in [3.8, 4) is 11.5 Å². The Morgan fingerprint density at radius 2 is 2.09 bits per heavy atom. The number of furan rings is 1. The number of hydrogen-bond donors (Lipinski definition) is 2. The molecule has 2 aliphatic heterocycles. The summed E-state index contributed by atoms with van der Waals surface area (Å²) < 4.78 is 21.0. The summed E-state index contributed by atoms with van der Waals surface area (Å²) >= 11 is 1.47. The van der Waals surface area contributed by atoms with Gasteiger partial charge in [0.05, 0.1) is 32.1 Å². The van der Waals surface area contributed by atoms with E-state index in [1.54, 1.807) is 36.1 Å². The standard InChI is InChI=1S/C24H23N3O7S/c1-3-32-24(30)27-9-8-14-18(12-27)35-22-19(14)21(28)25-20(26-22)13-6-7-15(17(11-13)31-2)34-23(29)16-5-4-10-33-16/h4-7,10-11,20,26H,3,8-9,12H2,1-2H3,(H,25,28)/t20-/m0/s1. The topological polar surface area (TPSA) is 119 Å². The number of fused-ring (bicyclic) bond motifs is 3. The van der Waals surface area contributed by atoms with Gasteiger partial charge in [-0.3, -0.25) is 4.79 Å². The molecule has 182 valence electrons. The maximum atomic E-state index is 13.1. The van der Waals surface area contributed by atoms with Crippen molar-refractivity contribution in [1.29, 1.82) is 0 Å². The minimum absolute atomic E-state index is 0.0769. The minimum Gasteiger partial charge on any atom is -0.493 e. The third-order valence-electron chi connectivity index (χ3n) is 5.81. The van der Waals surface area contributed by atoms with E-state index in [0.29, 0.717) is 37.4 Å². The molecule has 1 atom stereocenters. The monoisotopic (exact) mass is 497 g/mol. The summed E-state index contributed by atoms with van der Waals surface area (Å²) in [5, 5.41) is 7.12. The Kier molecular flexibility index (Phi) is 6.08. The van der Waals surface area contributed by atoms with Crippen LogP contribution in [0.2, 0.25) is 0 Å². The minimum atomic E-state index is -0.643. The quantitative estimate of drug-likeness (QED) is 0.402. The van der Waals surface area contributed by atoms with Crippen molar-refractivity contribution in [3.05, 3.63) is 63.9 Å². The first-order valence-electron chi connectivity index (χ1n) is 11.1. The Balaban J connectivity index is 1.36. The molecule has 0 aliphatic carbocycles. The normalized spacial score (nSPS) is 16.5. The number of methoxy groups -OCH3 is 1. The first-order valence-corrected chi connectivity index (χ1v) is 11.9. The lowest BCUT2D eigenvalue weighted by atomic mass is 10.0. The molecule has 0 unspecified atom stereocenters. The van der Waals surface area contributed by atoms with E-state index in [2.05, 4.69) is 10.6 Å². The number of anilines is 1. The van der Waals surface area contributed by atoms with Crippen LogP contribution < -0.4 is 20.1 Å². The second-order valence-corrected chi connectivity index (χ2v) is 9.01. The lowest BCUT2D eigenvalue weighted by Gasteiger charge is -2.28. The summed E-state index contributed by atoms with van der Waals surface area (Å²) in [5.74, 6) is -0.187. The van der Waals surface area contributed by atoms with Gasteiger partial charge in [0.15, 0.2) is 11.5 Å². The number of thiophene rings is 1. The Labute approximate surface area is 204 Å². The van der Waals surface area contributed by atoms with Crippen LogP contribution in [0.1, 0.15) is 50.0 Å². The maximum Gasteiger partial charge on any atom is 0.410 e. The van der Waals surface area contributed by atoms with Crippen LogP contribution >= 0.6 is 11.3 Å². The summed E-state index contributed by atoms with van der Waals surface area (Å²) in [4.78, 5) is 40.1. The first-order chi connectivity index (χ1) is 17.0. The molecule has 3 aromatic rings. The summed E-state index contributed by atoms with van der Waals surface area (Å²) in [6.07, 6.45) is 1.11.